The van der Waals surface area contributed by atoms with Gasteiger partial charge in [0.05, 0.1) is 0 Å². The Hall–Kier alpha value is -1.31. The molecule has 20 heteroatoms. The van der Waals surface area contributed by atoms with Gasteiger partial charge < -0.3 is 4.74 Å². The van der Waals surface area contributed by atoms with E-state index in [0.29, 0.717) is 0 Å². The smallest absolute Gasteiger partial charge is 0.338 e. The summed E-state index contributed by atoms with van der Waals surface area (Å²) in [4.78, 5) is 0. The maximum Gasteiger partial charge on any atom is 0.525 e. The summed E-state index contributed by atoms with van der Waals surface area (Å²) in [7, 11) is 0. The normalized spacial score (nSPS) is 18.3. The van der Waals surface area contributed by atoms with Crippen LogP contribution < -0.4 is 0 Å². The largest absolute Gasteiger partial charge is 0.525 e. The molecule has 182 valence electrons. The van der Waals surface area contributed by atoms with Gasteiger partial charge in [-0.1, -0.05) is 0 Å². The lowest BCUT2D eigenvalue weighted by Crippen LogP contribution is -2.56. The molecule has 0 N–H and O–H groups in total. The van der Waals surface area contributed by atoms with E-state index in [1.165, 1.54) is 0 Å². The van der Waals surface area contributed by atoms with Gasteiger partial charge in [-0.05, 0) is 0 Å². The average Bonchev–Trinajstić information content (AvgIpc) is 2.46. The van der Waals surface area contributed by atoms with Crippen LogP contribution in [0.4, 0.5) is 74.6 Å². The number of hydrogen-bond donors (Lipinski definition) is 0. The quantitative estimate of drug-likeness (QED) is 0.312. The van der Waals surface area contributed by atoms with Crippen LogP contribution in [0.15, 0.2) is 0 Å². The van der Waals surface area contributed by atoms with Crippen molar-refractivity contribution in [3.63, 3.8) is 0 Å². The van der Waals surface area contributed by atoms with Gasteiger partial charge in [-0.25, -0.2) is 8.78 Å². The number of hydrogen-bond acceptors (Lipinski definition) is 3. The van der Waals surface area contributed by atoms with Gasteiger partial charge in [0.25, 0.3) is 18.8 Å². The average molecular weight is 496 g/mol. The van der Waals surface area contributed by atoms with Crippen LogP contribution in [0.2, 0.25) is 0 Å². The molecule has 0 saturated carbocycles. The Morgan fingerprint density at radius 1 is 0.633 bits per heavy atom. The number of halogens is 17. The summed E-state index contributed by atoms with van der Waals surface area (Å²) in [6.07, 6.45) is -41.9. The van der Waals surface area contributed by atoms with Crippen molar-refractivity contribution in [2.75, 3.05) is 6.61 Å². The summed E-state index contributed by atoms with van der Waals surface area (Å²) in [6.45, 7) is -3.21. The number of ether oxygens (including phenoxy) is 3. The van der Waals surface area contributed by atoms with Crippen molar-refractivity contribution < 1.29 is 88.8 Å². The highest BCUT2D eigenvalue weighted by atomic mass is 19.4. The van der Waals surface area contributed by atoms with Crippen LogP contribution in [0.25, 0.3) is 0 Å². The molecule has 0 radical (unpaired) electrons. The van der Waals surface area contributed by atoms with Crippen LogP contribution in [0.5, 0.6) is 0 Å². The molecular formula is C10H5F17O3. The zero-order valence-electron chi connectivity index (χ0n) is 13.1. The van der Waals surface area contributed by atoms with Crippen molar-refractivity contribution in [1.29, 1.82) is 0 Å². The van der Waals surface area contributed by atoms with Gasteiger partial charge in [0.1, 0.15) is 6.61 Å². The second-order valence-corrected chi connectivity index (χ2v) is 4.99. The third-order valence-electron chi connectivity index (χ3n) is 2.52. The first-order chi connectivity index (χ1) is 12.8. The molecule has 30 heavy (non-hydrogen) atoms. The van der Waals surface area contributed by atoms with Crippen molar-refractivity contribution in [3.8, 4) is 0 Å². The summed E-state index contributed by atoms with van der Waals surface area (Å²) in [5, 5.41) is 0. The summed E-state index contributed by atoms with van der Waals surface area (Å²) >= 11 is 0. The fourth-order valence-corrected chi connectivity index (χ4v) is 1.21. The fraction of sp³-hybridized carbons (Fsp3) is 1.00. The Bertz CT molecular complexity index is 549. The number of alkyl halides is 17. The maximum atomic E-state index is 13.0. The molecule has 0 aliphatic carbocycles. The molecular weight excluding hydrogens is 491 g/mol. The van der Waals surface area contributed by atoms with Gasteiger partial charge in [-0.3, -0.25) is 9.47 Å². The van der Waals surface area contributed by atoms with Crippen LogP contribution >= 0.6 is 0 Å². The van der Waals surface area contributed by atoms with Gasteiger partial charge >= 0.3 is 36.7 Å². The molecule has 0 heterocycles. The minimum Gasteiger partial charge on any atom is -0.338 e. The Kier molecular flexibility index (Phi) is 8.29. The van der Waals surface area contributed by atoms with Crippen molar-refractivity contribution >= 4 is 0 Å². The fourth-order valence-electron chi connectivity index (χ4n) is 1.21. The SMILES string of the molecule is FC(OC(F)(F)F)C(F)(F)COC(OC(F)(F)C(F)C(F)(F)C(F)(F)F)C(F)(F)F. The second-order valence-electron chi connectivity index (χ2n) is 4.99. The first kappa shape index (κ1) is 28.7. The summed E-state index contributed by atoms with van der Waals surface area (Å²) in [6, 6.07) is 0. The molecule has 0 aliphatic rings. The molecule has 0 bridgehead atoms. The van der Waals surface area contributed by atoms with Crippen molar-refractivity contribution in [1.82, 2.24) is 0 Å². The Labute approximate surface area is 152 Å². The minimum absolute atomic E-state index is 2.09. The van der Waals surface area contributed by atoms with Gasteiger partial charge in [0, 0.05) is 0 Å². The predicted octanol–water partition coefficient (Wildman–Crippen LogP) is 5.50. The molecule has 3 unspecified atom stereocenters. The molecule has 0 spiro atoms. The molecule has 3 nitrogen and oxygen atoms in total. The van der Waals surface area contributed by atoms with E-state index in [0.717, 1.165) is 0 Å². The van der Waals surface area contributed by atoms with E-state index < -0.39 is 62.1 Å². The van der Waals surface area contributed by atoms with Crippen LogP contribution in [-0.2, 0) is 14.2 Å². The molecule has 0 fully saturated rings. The lowest BCUT2D eigenvalue weighted by atomic mass is 10.2. The van der Waals surface area contributed by atoms with Gasteiger partial charge in [-0.2, -0.15) is 52.7 Å². The molecule has 0 saturated heterocycles. The Morgan fingerprint density at radius 2 is 1.07 bits per heavy atom. The van der Waals surface area contributed by atoms with Crippen LogP contribution in [-0.4, -0.2) is 62.1 Å². The van der Waals surface area contributed by atoms with Gasteiger partial charge in [0.2, 0.25) is 0 Å². The van der Waals surface area contributed by atoms with E-state index in [-0.39, 0.29) is 0 Å². The highest BCUT2D eigenvalue weighted by Gasteiger charge is 2.72. The third kappa shape index (κ3) is 7.75. The first-order valence-electron chi connectivity index (χ1n) is 6.43. The zero-order valence-corrected chi connectivity index (χ0v) is 13.1. The maximum absolute atomic E-state index is 13.0. The minimum atomic E-state index is -7.07. The van der Waals surface area contributed by atoms with Crippen LogP contribution in [0.3, 0.4) is 0 Å². The van der Waals surface area contributed by atoms with Crippen LogP contribution in [0.1, 0.15) is 0 Å². The monoisotopic (exact) mass is 496 g/mol. The molecule has 0 amide bonds. The molecule has 0 aromatic carbocycles. The summed E-state index contributed by atoms with van der Waals surface area (Å²) in [5.41, 5.74) is 0. The molecule has 0 rings (SSSR count). The second kappa shape index (κ2) is 8.67. The zero-order chi connectivity index (χ0) is 24.6. The van der Waals surface area contributed by atoms with E-state index in [2.05, 4.69) is 14.2 Å². The van der Waals surface area contributed by atoms with E-state index in [1.54, 1.807) is 0 Å². The lowest BCUT2D eigenvalue weighted by Gasteiger charge is -2.32. The predicted molar refractivity (Wildman–Crippen MR) is 54.7 cm³/mol. The van der Waals surface area contributed by atoms with E-state index >= 15 is 0 Å². The molecule has 0 aliphatic heterocycles. The number of rotatable bonds is 9. The topological polar surface area (TPSA) is 27.7 Å². The van der Waals surface area contributed by atoms with Crippen molar-refractivity contribution in [2.24, 2.45) is 0 Å². The molecule has 3 atom stereocenters. The summed E-state index contributed by atoms with van der Waals surface area (Å²) < 4.78 is 217. The third-order valence-corrected chi connectivity index (χ3v) is 2.52. The summed E-state index contributed by atoms with van der Waals surface area (Å²) in [5.74, 6) is -12.7. The van der Waals surface area contributed by atoms with Crippen LogP contribution in [0, 0.1) is 0 Å². The highest BCUT2D eigenvalue weighted by Crippen LogP contribution is 2.46. The first-order valence-corrected chi connectivity index (χ1v) is 6.43. The molecule has 0 aromatic rings. The standard InChI is InChI=1S/C10H5F17O3/c11-2(6(15,16)9(22,23)24)8(20,21)30-4(7(17,18)19)28-1-5(13,14)3(12)29-10(25,26)27/h2-4H,1H2. The van der Waals surface area contributed by atoms with E-state index in [1.807, 2.05) is 0 Å². The van der Waals surface area contributed by atoms with Crippen molar-refractivity contribution in [3.05, 3.63) is 0 Å². The van der Waals surface area contributed by atoms with E-state index in [4.69, 9.17) is 0 Å². The highest BCUT2D eigenvalue weighted by molar-refractivity contribution is 4.90. The Morgan fingerprint density at radius 3 is 1.40 bits per heavy atom. The van der Waals surface area contributed by atoms with Gasteiger partial charge in [0.15, 0.2) is 0 Å². The molecule has 0 aromatic heterocycles. The van der Waals surface area contributed by atoms with Crippen molar-refractivity contribution in [2.45, 2.75) is 55.5 Å². The van der Waals surface area contributed by atoms with E-state index in [9.17, 15) is 74.6 Å². The van der Waals surface area contributed by atoms with Gasteiger partial charge in [-0.15, -0.1) is 13.2 Å². The lowest BCUT2D eigenvalue weighted by molar-refractivity contribution is -0.435. The Balaban J connectivity index is 5.51.